The van der Waals surface area contributed by atoms with Gasteiger partial charge in [0.2, 0.25) is 0 Å². The van der Waals surface area contributed by atoms with Gasteiger partial charge < -0.3 is 11.5 Å². The van der Waals surface area contributed by atoms with Crippen molar-refractivity contribution in [2.45, 2.75) is 31.1 Å². The highest BCUT2D eigenvalue weighted by Gasteiger charge is 2.44. The summed E-state index contributed by atoms with van der Waals surface area (Å²) in [5, 5.41) is 3.27. The van der Waals surface area contributed by atoms with Crippen LogP contribution in [0.25, 0.3) is 0 Å². The Morgan fingerprint density at radius 3 is 2.71 bits per heavy atom. The van der Waals surface area contributed by atoms with E-state index in [1.165, 1.54) is 22.5 Å². The van der Waals surface area contributed by atoms with E-state index in [1.807, 2.05) is 5.38 Å². The van der Waals surface area contributed by atoms with Crippen LogP contribution in [0.3, 0.4) is 0 Å². The van der Waals surface area contributed by atoms with Gasteiger partial charge in [0, 0.05) is 5.38 Å². The van der Waals surface area contributed by atoms with Gasteiger partial charge in [0.25, 0.3) is 0 Å². The molecule has 3 rings (SSSR count). The highest BCUT2D eigenvalue weighted by Crippen LogP contribution is 2.52. The molecule has 110 valence electrons. The fourth-order valence-electron chi connectivity index (χ4n) is 2.84. The molecule has 6 heteroatoms. The van der Waals surface area contributed by atoms with E-state index in [-0.39, 0.29) is 5.25 Å². The summed E-state index contributed by atoms with van der Waals surface area (Å²) < 4.78 is 0. The average Bonchev–Trinajstić information content (AvgIpc) is 3.02. The number of aryl methyl sites for hydroxylation is 1. The van der Waals surface area contributed by atoms with Gasteiger partial charge in [-0.05, 0) is 24.5 Å². The van der Waals surface area contributed by atoms with Crippen LogP contribution in [0.4, 0.5) is 5.13 Å². The lowest BCUT2D eigenvalue weighted by Gasteiger charge is -2.29. The summed E-state index contributed by atoms with van der Waals surface area (Å²) >= 11 is 3.03. The summed E-state index contributed by atoms with van der Waals surface area (Å²) in [4.78, 5) is 9.20. The van der Waals surface area contributed by atoms with E-state index in [0.29, 0.717) is 10.3 Å². The molecule has 1 aliphatic rings. The van der Waals surface area contributed by atoms with Crippen LogP contribution in [0.15, 0.2) is 34.6 Å². The second kappa shape index (κ2) is 5.35. The van der Waals surface area contributed by atoms with Crippen LogP contribution in [0.2, 0.25) is 0 Å². The maximum atomic E-state index is 6.03. The first kappa shape index (κ1) is 14.4. The second-order valence-corrected chi connectivity index (χ2v) is 7.23. The van der Waals surface area contributed by atoms with Gasteiger partial charge in [-0.25, -0.2) is 9.98 Å². The Kier molecular flexibility index (Phi) is 3.67. The van der Waals surface area contributed by atoms with E-state index in [9.17, 15) is 0 Å². The Hall–Kier alpha value is -1.53. The van der Waals surface area contributed by atoms with Crippen LogP contribution in [0, 0.1) is 0 Å². The molecule has 0 saturated heterocycles. The third-order valence-corrected chi connectivity index (χ3v) is 5.80. The third-order valence-electron chi connectivity index (χ3n) is 3.84. The number of rotatable bonds is 3. The van der Waals surface area contributed by atoms with Gasteiger partial charge in [-0.3, -0.25) is 0 Å². The lowest BCUT2D eigenvalue weighted by Crippen LogP contribution is -2.25. The van der Waals surface area contributed by atoms with E-state index < -0.39 is 5.54 Å². The molecule has 4 N–H and O–H groups in total. The zero-order valence-electron chi connectivity index (χ0n) is 12.0. The lowest BCUT2D eigenvalue weighted by molar-refractivity contribution is 0.485. The molecule has 0 bridgehead atoms. The number of thioether (sulfide) groups is 1. The third kappa shape index (κ3) is 2.42. The molecule has 4 nitrogen and oxygen atoms in total. The standard InChI is InChI=1S/C15H18N4S2/c1-3-9-6-4-5-7-10(9)15(2)12(21-14(17)19-15)11-8-20-13(16)18-11/h4-8,12H,3H2,1-2H3,(H2,16,18)(H2,17,19). The van der Waals surface area contributed by atoms with Crippen LogP contribution >= 0.6 is 23.1 Å². The Labute approximate surface area is 132 Å². The van der Waals surface area contributed by atoms with E-state index in [4.69, 9.17) is 16.5 Å². The molecule has 1 aliphatic heterocycles. The quantitative estimate of drug-likeness (QED) is 0.910. The average molecular weight is 318 g/mol. The van der Waals surface area contributed by atoms with Crippen LogP contribution in [0.5, 0.6) is 0 Å². The van der Waals surface area contributed by atoms with Gasteiger partial charge in [0.15, 0.2) is 10.3 Å². The summed E-state index contributed by atoms with van der Waals surface area (Å²) in [7, 11) is 0. The molecular weight excluding hydrogens is 300 g/mol. The van der Waals surface area contributed by atoms with Crippen molar-refractivity contribution in [2.75, 3.05) is 5.73 Å². The molecule has 21 heavy (non-hydrogen) atoms. The van der Waals surface area contributed by atoms with Crippen molar-refractivity contribution in [1.29, 1.82) is 0 Å². The maximum absolute atomic E-state index is 6.03. The normalized spacial score (nSPS) is 25.0. The van der Waals surface area contributed by atoms with Crippen molar-refractivity contribution >= 4 is 33.4 Å². The number of aliphatic imine (C=N–C) groups is 1. The zero-order chi connectivity index (χ0) is 15.0. The number of thiazole rings is 1. The molecule has 2 aromatic rings. The molecule has 1 aromatic heterocycles. The molecular formula is C15H18N4S2. The summed E-state index contributed by atoms with van der Waals surface area (Å²) in [6.45, 7) is 4.29. The molecule has 0 fully saturated rings. The highest BCUT2D eigenvalue weighted by molar-refractivity contribution is 8.14. The largest absolute Gasteiger partial charge is 0.378 e. The van der Waals surface area contributed by atoms with Crippen molar-refractivity contribution in [3.05, 3.63) is 46.5 Å². The number of hydrogen-bond acceptors (Lipinski definition) is 6. The first-order valence-electron chi connectivity index (χ1n) is 6.86. The molecule has 0 amide bonds. The van der Waals surface area contributed by atoms with E-state index in [1.54, 1.807) is 11.8 Å². The molecule has 2 heterocycles. The summed E-state index contributed by atoms with van der Waals surface area (Å²) in [6, 6.07) is 8.42. The van der Waals surface area contributed by atoms with Crippen LogP contribution in [0.1, 0.15) is 35.9 Å². The van der Waals surface area contributed by atoms with E-state index >= 15 is 0 Å². The van der Waals surface area contributed by atoms with Gasteiger partial charge in [-0.15, -0.1) is 11.3 Å². The van der Waals surface area contributed by atoms with Gasteiger partial charge in [0.05, 0.1) is 10.9 Å². The first-order chi connectivity index (χ1) is 10.0. The second-order valence-electron chi connectivity index (χ2n) is 5.22. The summed E-state index contributed by atoms with van der Waals surface area (Å²) in [6.07, 6.45) is 0.970. The predicted molar refractivity (Wildman–Crippen MR) is 91.7 cm³/mol. The zero-order valence-corrected chi connectivity index (χ0v) is 13.7. The number of benzene rings is 1. The van der Waals surface area contributed by atoms with Crippen LogP contribution in [-0.2, 0) is 12.0 Å². The Morgan fingerprint density at radius 2 is 2.05 bits per heavy atom. The molecule has 0 radical (unpaired) electrons. The van der Waals surface area contributed by atoms with Gasteiger partial charge in [-0.1, -0.05) is 43.0 Å². The van der Waals surface area contributed by atoms with Crippen molar-refractivity contribution in [3.63, 3.8) is 0 Å². The first-order valence-corrected chi connectivity index (χ1v) is 8.61. The van der Waals surface area contributed by atoms with Crippen molar-refractivity contribution in [3.8, 4) is 0 Å². The molecule has 0 aliphatic carbocycles. The fraction of sp³-hybridized carbons (Fsp3) is 0.333. The molecule has 0 saturated carbocycles. The molecule has 1 aromatic carbocycles. The van der Waals surface area contributed by atoms with Crippen molar-refractivity contribution in [2.24, 2.45) is 10.7 Å². The van der Waals surface area contributed by atoms with Gasteiger partial charge in [0.1, 0.15) is 5.54 Å². The summed E-state index contributed by atoms with van der Waals surface area (Å²) in [5.41, 5.74) is 14.9. The van der Waals surface area contributed by atoms with E-state index in [0.717, 1.165) is 12.1 Å². The number of nitrogens with zero attached hydrogens (tertiary/aromatic N) is 2. The smallest absolute Gasteiger partial charge is 0.180 e. The van der Waals surface area contributed by atoms with Crippen molar-refractivity contribution in [1.82, 2.24) is 4.98 Å². The Balaban J connectivity index is 2.11. The highest BCUT2D eigenvalue weighted by atomic mass is 32.2. The number of amidine groups is 1. The number of aromatic nitrogens is 1. The van der Waals surface area contributed by atoms with Crippen molar-refractivity contribution < 1.29 is 0 Å². The minimum atomic E-state index is -0.401. The Bertz CT molecular complexity index is 694. The number of nitrogens with two attached hydrogens (primary N) is 2. The monoisotopic (exact) mass is 318 g/mol. The molecule has 2 atom stereocenters. The number of nitrogen functional groups attached to an aromatic ring is 1. The SMILES string of the molecule is CCc1ccccc1C1(C)N=C(N)SC1c1csc(N)n1. The number of anilines is 1. The molecule has 0 spiro atoms. The summed E-state index contributed by atoms with van der Waals surface area (Å²) in [5.74, 6) is 0. The van der Waals surface area contributed by atoms with Gasteiger partial charge >= 0.3 is 0 Å². The minimum Gasteiger partial charge on any atom is -0.378 e. The maximum Gasteiger partial charge on any atom is 0.180 e. The van der Waals surface area contributed by atoms with Crippen LogP contribution in [-0.4, -0.2) is 10.2 Å². The lowest BCUT2D eigenvalue weighted by atomic mass is 9.84. The number of hydrogen-bond donors (Lipinski definition) is 2. The predicted octanol–water partition coefficient (Wildman–Crippen LogP) is 3.31. The van der Waals surface area contributed by atoms with Gasteiger partial charge in [-0.2, -0.15) is 0 Å². The minimum absolute atomic E-state index is 0.0683. The Morgan fingerprint density at radius 1 is 1.29 bits per heavy atom. The van der Waals surface area contributed by atoms with E-state index in [2.05, 4.69) is 43.1 Å². The topological polar surface area (TPSA) is 77.3 Å². The van der Waals surface area contributed by atoms with Crippen LogP contribution < -0.4 is 11.5 Å². The molecule has 2 unspecified atom stereocenters. The fourth-order valence-corrected chi connectivity index (χ4v) is 4.65.